The number of nitrogens with one attached hydrogen (secondary N) is 1. The van der Waals surface area contributed by atoms with Gasteiger partial charge >= 0.3 is 0 Å². The number of aryl methyl sites for hydroxylation is 2. The fourth-order valence-corrected chi connectivity index (χ4v) is 2.92. The monoisotopic (exact) mass is 272 g/mol. The van der Waals surface area contributed by atoms with Crippen LogP contribution >= 0.6 is 11.8 Å². The van der Waals surface area contributed by atoms with Crippen molar-refractivity contribution >= 4 is 11.8 Å². The van der Waals surface area contributed by atoms with Gasteiger partial charge in [0.1, 0.15) is 0 Å². The van der Waals surface area contributed by atoms with Crippen molar-refractivity contribution in [2.45, 2.75) is 24.8 Å². The van der Waals surface area contributed by atoms with Crippen LogP contribution in [0.25, 0.3) is 0 Å². The Bertz CT molecular complexity index is 526. The molecule has 19 heavy (non-hydrogen) atoms. The Labute approximate surface area is 119 Å². The van der Waals surface area contributed by atoms with Crippen molar-refractivity contribution in [3.8, 4) is 0 Å². The van der Waals surface area contributed by atoms with Gasteiger partial charge in [-0.05, 0) is 42.7 Å². The molecule has 2 nitrogen and oxygen atoms in total. The summed E-state index contributed by atoms with van der Waals surface area (Å²) in [5.74, 6) is 6.61. The Morgan fingerprint density at radius 2 is 1.79 bits per heavy atom. The number of hydrogen-bond acceptors (Lipinski definition) is 3. The summed E-state index contributed by atoms with van der Waals surface area (Å²) in [4.78, 5) is 1.27. The molecule has 0 saturated carbocycles. The molecular weight excluding hydrogens is 252 g/mol. The van der Waals surface area contributed by atoms with Gasteiger partial charge in [0, 0.05) is 10.6 Å². The van der Waals surface area contributed by atoms with Crippen LogP contribution in [0.1, 0.15) is 22.7 Å². The molecule has 0 aliphatic heterocycles. The van der Waals surface area contributed by atoms with Crippen LogP contribution < -0.4 is 11.3 Å². The summed E-state index contributed by atoms with van der Waals surface area (Å²) in [7, 11) is 0. The normalized spacial score (nSPS) is 12.4. The topological polar surface area (TPSA) is 38.0 Å². The van der Waals surface area contributed by atoms with Crippen LogP contribution in [0, 0.1) is 13.8 Å². The summed E-state index contributed by atoms with van der Waals surface area (Å²) in [5, 5.41) is 0. The smallest absolute Gasteiger partial charge is 0.0554 e. The zero-order chi connectivity index (χ0) is 13.7. The van der Waals surface area contributed by atoms with Crippen LogP contribution in [0.3, 0.4) is 0 Å². The Hall–Kier alpha value is -1.29. The SMILES string of the molecule is Cc1ccc(C(CSc2ccccc2)NN)cc1C. The number of hydrogen-bond donors (Lipinski definition) is 2. The lowest BCUT2D eigenvalue weighted by Crippen LogP contribution is -2.29. The second kappa shape index (κ2) is 6.75. The Balaban J connectivity index is 2.05. The van der Waals surface area contributed by atoms with Crippen LogP contribution in [0.15, 0.2) is 53.4 Å². The molecule has 0 aromatic heterocycles. The van der Waals surface area contributed by atoms with Crippen molar-refractivity contribution < 1.29 is 0 Å². The molecule has 0 heterocycles. The molecule has 0 aliphatic rings. The first-order chi connectivity index (χ1) is 9.20. The maximum atomic E-state index is 5.69. The summed E-state index contributed by atoms with van der Waals surface area (Å²) in [6.45, 7) is 4.26. The van der Waals surface area contributed by atoms with Crippen molar-refractivity contribution in [3.63, 3.8) is 0 Å². The lowest BCUT2D eigenvalue weighted by atomic mass is 10.0. The molecule has 3 N–H and O–H groups in total. The highest BCUT2D eigenvalue weighted by Crippen LogP contribution is 2.25. The largest absolute Gasteiger partial charge is 0.271 e. The van der Waals surface area contributed by atoms with E-state index in [0.29, 0.717) is 0 Å². The van der Waals surface area contributed by atoms with Crippen LogP contribution in [0.2, 0.25) is 0 Å². The molecule has 2 aromatic rings. The minimum atomic E-state index is 0.171. The molecule has 0 radical (unpaired) electrons. The first-order valence-corrected chi connectivity index (χ1v) is 7.40. The molecule has 0 fully saturated rings. The van der Waals surface area contributed by atoms with Gasteiger partial charge in [0.2, 0.25) is 0 Å². The molecule has 0 aliphatic carbocycles. The lowest BCUT2D eigenvalue weighted by molar-refractivity contribution is 0.610. The highest BCUT2D eigenvalue weighted by Gasteiger charge is 2.10. The highest BCUT2D eigenvalue weighted by molar-refractivity contribution is 7.99. The van der Waals surface area contributed by atoms with E-state index in [1.54, 1.807) is 0 Å². The minimum absolute atomic E-state index is 0.171. The molecule has 100 valence electrons. The Morgan fingerprint density at radius 3 is 2.42 bits per heavy atom. The van der Waals surface area contributed by atoms with Gasteiger partial charge in [0.25, 0.3) is 0 Å². The summed E-state index contributed by atoms with van der Waals surface area (Å²) in [6, 6.07) is 17.1. The van der Waals surface area contributed by atoms with Gasteiger partial charge in [0.15, 0.2) is 0 Å². The van der Waals surface area contributed by atoms with E-state index in [0.717, 1.165) is 5.75 Å². The van der Waals surface area contributed by atoms with Crippen LogP contribution in [-0.4, -0.2) is 5.75 Å². The van der Waals surface area contributed by atoms with Crippen LogP contribution in [-0.2, 0) is 0 Å². The maximum Gasteiger partial charge on any atom is 0.0554 e. The van der Waals surface area contributed by atoms with Crippen molar-refractivity contribution in [1.29, 1.82) is 0 Å². The molecule has 2 aromatic carbocycles. The standard InChI is InChI=1S/C16H20N2S/c1-12-8-9-14(10-13(12)2)16(18-17)11-19-15-6-4-3-5-7-15/h3-10,16,18H,11,17H2,1-2H3. The first kappa shape index (κ1) is 14.1. The summed E-state index contributed by atoms with van der Waals surface area (Å²) in [5.41, 5.74) is 6.78. The van der Waals surface area contributed by atoms with E-state index in [-0.39, 0.29) is 6.04 Å². The number of hydrazine groups is 1. The molecule has 0 bridgehead atoms. The predicted octanol–water partition coefficient (Wildman–Crippen LogP) is 3.60. The van der Waals surface area contributed by atoms with Gasteiger partial charge in [-0.15, -0.1) is 11.8 Å². The molecule has 2 rings (SSSR count). The molecular formula is C16H20N2S. The van der Waals surface area contributed by atoms with Crippen molar-refractivity contribution in [3.05, 3.63) is 65.2 Å². The molecule has 0 saturated heterocycles. The van der Waals surface area contributed by atoms with Crippen molar-refractivity contribution in [2.75, 3.05) is 5.75 Å². The second-order valence-corrected chi connectivity index (χ2v) is 5.78. The predicted molar refractivity (Wildman–Crippen MR) is 83.1 cm³/mol. The molecule has 0 amide bonds. The van der Waals surface area contributed by atoms with E-state index in [2.05, 4.69) is 61.7 Å². The number of rotatable bonds is 5. The van der Waals surface area contributed by atoms with Gasteiger partial charge in [-0.2, -0.15) is 0 Å². The van der Waals surface area contributed by atoms with Gasteiger partial charge in [-0.3, -0.25) is 11.3 Å². The van der Waals surface area contributed by atoms with E-state index in [1.165, 1.54) is 21.6 Å². The van der Waals surface area contributed by atoms with Crippen LogP contribution in [0.4, 0.5) is 0 Å². The fourth-order valence-electron chi connectivity index (χ4n) is 1.92. The Morgan fingerprint density at radius 1 is 1.05 bits per heavy atom. The first-order valence-electron chi connectivity index (χ1n) is 6.42. The molecule has 1 atom stereocenters. The van der Waals surface area contributed by atoms with Crippen molar-refractivity contribution in [1.82, 2.24) is 5.43 Å². The van der Waals surface area contributed by atoms with Gasteiger partial charge in [0.05, 0.1) is 6.04 Å². The maximum absolute atomic E-state index is 5.69. The average molecular weight is 272 g/mol. The van der Waals surface area contributed by atoms with Crippen molar-refractivity contribution in [2.24, 2.45) is 5.84 Å². The van der Waals surface area contributed by atoms with E-state index in [4.69, 9.17) is 5.84 Å². The number of nitrogens with two attached hydrogens (primary N) is 1. The van der Waals surface area contributed by atoms with Crippen LogP contribution in [0.5, 0.6) is 0 Å². The zero-order valence-electron chi connectivity index (χ0n) is 11.4. The third-order valence-corrected chi connectivity index (χ3v) is 4.40. The fraction of sp³-hybridized carbons (Fsp3) is 0.250. The highest BCUT2D eigenvalue weighted by atomic mass is 32.2. The molecule has 3 heteroatoms. The quantitative estimate of drug-likeness (QED) is 0.496. The van der Waals surface area contributed by atoms with E-state index >= 15 is 0 Å². The van der Waals surface area contributed by atoms with E-state index in [9.17, 15) is 0 Å². The van der Waals surface area contributed by atoms with E-state index in [1.807, 2.05) is 17.8 Å². The third kappa shape index (κ3) is 3.83. The number of thioether (sulfide) groups is 1. The van der Waals surface area contributed by atoms with Gasteiger partial charge in [-0.1, -0.05) is 36.4 Å². The average Bonchev–Trinajstić information content (AvgIpc) is 2.44. The molecule has 0 spiro atoms. The lowest BCUT2D eigenvalue weighted by Gasteiger charge is -2.17. The summed E-state index contributed by atoms with van der Waals surface area (Å²) < 4.78 is 0. The van der Waals surface area contributed by atoms with Gasteiger partial charge in [-0.25, -0.2) is 0 Å². The zero-order valence-corrected chi connectivity index (χ0v) is 12.2. The van der Waals surface area contributed by atoms with Gasteiger partial charge < -0.3 is 0 Å². The molecule has 1 unspecified atom stereocenters. The van der Waals surface area contributed by atoms with E-state index < -0.39 is 0 Å². The third-order valence-electron chi connectivity index (χ3n) is 3.29. The summed E-state index contributed by atoms with van der Waals surface area (Å²) >= 11 is 1.82. The number of benzene rings is 2. The second-order valence-electron chi connectivity index (χ2n) is 4.69. The summed E-state index contributed by atoms with van der Waals surface area (Å²) in [6.07, 6.45) is 0. The Kier molecular flexibility index (Phi) is 5.02. The minimum Gasteiger partial charge on any atom is -0.271 e.